The van der Waals surface area contributed by atoms with E-state index in [0.717, 1.165) is 23.1 Å². The summed E-state index contributed by atoms with van der Waals surface area (Å²) >= 11 is 7.65. The number of aromatic nitrogens is 1. The zero-order valence-corrected chi connectivity index (χ0v) is 11.8. The molecule has 0 aliphatic heterocycles. The van der Waals surface area contributed by atoms with Crippen molar-refractivity contribution in [1.82, 2.24) is 4.98 Å². The summed E-state index contributed by atoms with van der Waals surface area (Å²) in [6, 6.07) is 12.1. The molecule has 0 aliphatic carbocycles. The molecule has 1 aromatic carbocycles. The molecule has 0 radical (unpaired) electrons. The number of hydrogen-bond donors (Lipinski definition) is 1. The molecule has 2 rings (SSSR count). The van der Waals surface area contributed by atoms with Crippen LogP contribution in [0.5, 0.6) is 0 Å². The first-order valence-corrected chi connectivity index (χ1v) is 7.21. The number of rotatable bonds is 5. The van der Waals surface area contributed by atoms with Crippen LogP contribution in [0.4, 0.5) is 5.82 Å². The second-order valence-electron chi connectivity index (χ2n) is 3.82. The molecule has 0 spiro atoms. The highest BCUT2D eigenvalue weighted by Crippen LogP contribution is 2.24. The van der Waals surface area contributed by atoms with Gasteiger partial charge in [-0.05, 0) is 48.9 Å². The first-order chi connectivity index (χ1) is 8.78. The number of pyridine rings is 1. The molecule has 0 unspecified atom stereocenters. The van der Waals surface area contributed by atoms with Crippen molar-refractivity contribution in [3.8, 4) is 0 Å². The number of nitrogens with zero attached hydrogens (tertiary/aromatic N) is 1. The quantitative estimate of drug-likeness (QED) is 0.818. The molecule has 0 atom stereocenters. The highest BCUT2D eigenvalue weighted by atomic mass is 35.5. The van der Waals surface area contributed by atoms with Gasteiger partial charge in [-0.25, -0.2) is 4.98 Å². The Balaban J connectivity index is 1.97. The molecule has 1 aromatic heterocycles. The summed E-state index contributed by atoms with van der Waals surface area (Å²) in [6.07, 6.45) is 1.84. The molecule has 0 amide bonds. The Bertz CT molecular complexity index is 499. The van der Waals surface area contributed by atoms with Crippen molar-refractivity contribution in [3.05, 3.63) is 53.2 Å². The SMILES string of the molecule is CCNc1cc(CSc2ccc(Cl)cc2)ccn1. The fourth-order valence-corrected chi connectivity index (χ4v) is 2.51. The van der Waals surface area contributed by atoms with Gasteiger partial charge in [-0.1, -0.05) is 11.6 Å². The van der Waals surface area contributed by atoms with E-state index in [4.69, 9.17) is 11.6 Å². The second kappa shape index (κ2) is 6.66. The maximum absolute atomic E-state index is 5.86. The van der Waals surface area contributed by atoms with Crippen molar-refractivity contribution in [1.29, 1.82) is 0 Å². The monoisotopic (exact) mass is 278 g/mol. The Morgan fingerprint density at radius 1 is 1.22 bits per heavy atom. The summed E-state index contributed by atoms with van der Waals surface area (Å²) in [4.78, 5) is 5.48. The van der Waals surface area contributed by atoms with E-state index in [1.165, 1.54) is 10.5 Å². The molecule has 1 N–H and O–H groups in total. The molecule has 0 aliphatic rings. The highest BCUT2D eigenvalue weighted by Gasteiger charge is 1.99. The summed E-state index contributed by atoms with van der Waals surface area (Å²) in [5, 5.41) is 3.99. The topological polar surface area (TPSA) is 24.9 Å². The first kappa shape index (κ1) is 13.2. The Hall–Kier alpha value is -1.19. The number of nitrogens with one attached hydrogen (secondary N) is 1. The molecule has 0 saturated heterocycles. The lowest BCUT2D eigenvalue weighted by atomic mass is 10.3. The number of anilines is 1. The van der Waals surface area contributed by atoms with Gasteiger partial charge in [0.2, 0.25) is 0 Å². The predicted molar refractivity (Wildman–Crippen MR) is 79.4 cm³/mol. The van der Waals surface area contributed by atoms with Crippen molar-refractivity contribution in [2.45, 2.75) is 17.6 Å². The minimum atomic E-state index is 0.776. The Morgan fingerprint density at radius 3 is 2.72 bits per heavy atom. The molecule has 0 fully saturated rings. The first-order valence-electron chi connectivity index (χ1n) is 5.85. The van der Waals surface area contributed by atoms with Crippen molar-refractivity contribution in [2.24, 2.45) is 0 Å². The Kier molecular flexibility index (Phi) is 4.90. The molecule has 94 valence electrons. The van der Waals surface area contributed by atoms with Gasteiger partial charge in [0.15, 0.2) is 0 Å². The Labute approximate surface area is 117 Å². The third kappa shape index (κ3) is 3.93. The van der Waals surface area contributed by atoms with E-state index in [1.807, 2.05) is 36.5 Å². The molecule has 1 heterocycles. The van der Waals surface area contributed by atoms with Gasteiger partial charge in [-0.3, -0.25) is 0 Å². The van der Waals surface area contributed by atoms with Crippen molar-refractivity contribution < 1.29 is 0 Å². The van der Waals surface area contributed by atoms with Crippen LogP contribution >= 0.6 is 23.4 Å². The zero-order valence-electron chi connectivity index (χ0n) is 10.2. The van der Waals surface area contributed by atoms with Gasteiger partial charge in [0.25, 0.3) is 0 Å². The number of halogens is 1. The molecule has 4 heteroatoms. The Morgan fingerprint density at radius 2 is 2.00 bits per heavy atom. The van der Waals surface area contributed by atoms with E-state index in [0.29, 0.717) is 0 Å². The van der Waals surface area contributed by atoms with Crippen molar-refractivity contribution in [3.63, 3.8) is 0 Å². The predicted octanol–water partition coefficient (Wildman–Crippen LogP) is 4.46. The maximum atomic E-state index is 5.86. The van der Waals surface area contributed by atoms with Crippen LogP contribution in [-0.4, -0.2) is 11.5 Å². The van der Waals surface area contributed by atoms with E-state index >= 15 is 0 Å². The number of hydrogen-bond acceptors (Lipinski definition) is 3. The van der Waals surface area contributed by atoms with Gasteiger partial charge in [-0.2, -0.15) is 0 Å². The van der Waals surface area contributed by atoms with Gasteiger partial charge in [0.05, 0.1) is 0 Å². The van der Waals surface area contributed by atoms with E-state index in [-0.39, 0.29) is 0 Å². The van der Waals surface area contributed by atoms with Crippen LogP contribution in [0.25, 0.3) is 0 Å². The molecule has 2 nitrogen and oxygen atoms in total. The third-order valence-electron chi connectivity index (χ3n) is 2.40. The zero-order chi connectivity index (χ0) is 12.8. The lowest BCUT2D eigenvalue weighted by molar-refractivity contribution is 1.15. The van der Waals surface area contributed by atoms with Crippen LogP contribution < -0.4 is 5.32 Å². The number of benzene rings is 1. The van der Waals surface area contributed by atoms with Gasteiger partial charge >= 0.3 is 0 Å². The van der Waals surface area contributed by atoms with Crippen LogP contribution in [0, 0.1) is 0 Å². The van der Waals surface area contributed by atoms with E-state index < -0.39 is 0 Å². The minimum Gasteiger partial charge on any atom is -0.370 e. The van der Waals surface area contributed by atoms with Gasteiger partial charge in [-0.15, -0.1) is 11.8 Å². The van der Waals surface area contributed by atoms with Gasteiger partial charge in [0.1, 0.15) is 5.82 Å². The van der Waals surface area contributed by atoms with E-state index in [9.17, 15) is 0 Å². The summed E-state index contributed by atoms with van der Waals surface area (Å²) in [5.41, 5.74) is 1.26. The van der Waals surface area contributed by atoms with Crippen LogP contribution in [0.3, 0.4) is 0 Å². The van der Waals surface area contributed by atoms with Crippen LogP contribution in [0.15, 0.2) is 47.5 Å². The standard InChI is InChI=1S/C14H15ClN2S/c1-2-16-14-9-11(7-8-17-14)10-18-13-5-3-12(15)4-6-13/h3-9H,2,10H2,1H3,(H,16,17). The normalized spacial score (nSPS) is 10.3. The van der Waals surface area contributed by atoms with Crippen molar-refractivity contribution >= 4 is 29.2 Å². The van der Waals surface area contributed by atoms with Crippen LogP contribution in [0.2, 0.25) is 5.02 Å². The fraction of sp³-hybridized carbons (Fsp3) is 0.214. The average Bonchev–Trinajstić information content (AvgIpc) is 2.39. The van der Waals surface area contributed by atoms with Crippen LogP contribution in [-0.2, 0) is 5.75 Å². The molecular weight excluding hydrogens is 264 g/mol. The summed E-state index contributed by atoms with van der Waals surface area (Å²) in [5.74, 6) is 1.87. The molecule has 2 aromatic rings. The average molecular weight is 279 g/mol. The molecule has 0 saturated carbocycles. The van der Waals surface area contributed by atoms with Gasteiger partial charge in [0, 0.05) is 28.4 Å². The van der Waals surface area contributed by atoms with Crippen LogP contribution in [0.1, 0.15) is 12.5 Å². The van der Waals surface area contributed by atoms with E-state index in [2.05, 4.69) is 23.3 Å². The highest BCUT2D eigenvalue weighted by molar-refractivity contribution is 7.98. The smallest absolute Gasteiger partial charge is 0.126 e. The second-order valence-corrected chi connectivity index (χ2v) is 5.31. The minimum absolute atomic E-state index is 0.776. The van der Waals surface area contributed by atoms with Crippen molar-refractivity contribution in [2.75, 3.05) is 11.9 Å². The molecule has 0 bridgehead atoms. The summed E-state index contributed by atoms with van der Waals surface area (Å²) < 4.78 is 0. The van der Waals surface area contributed by atoms with Gasteiger partial charge < -0.3 is 5.32 Å². The summed E-state index contributed by atoms with van der Waals surface area (Å²) in [7, 11) is 0. The van der Waals surface area contributed by atoms with E-state index in [1.54, 1.807) is 11.8 Å². The lowest BCUT2D eigenvalue weighted by Crippen LogP contribution is -1.99. The third-order valence-corrected chi connectivity index (χ3v) is 3.74. The maximum Gasteiger partial charge on any atom is 0.126 e. The number of thioether (sulfide) groups is 1. The fourth-order valence-electron chi connectivity index (χ4n) is 1.54. The molecular formula is C14H15ClN2S. The molecule has 18 heavy (non-hydrogen) atoms. The largest absolute Gasteiger partial charge is 0.370 e. The lowest BCUT2D eigenvalue weighted by Gasteiger charge is -2.05. The summed E-state index contributed by atoms with van der Waals surface area (Å²) in [6.45, 7) is 2.96.